The monoisotopic (exact) mass is 347 g/mol. The van der Waals surface area contributed by atoms with E-state index in [1.807, 2.05) is 4.90 Å². The quantitative estimate of drug-likeness (QED) is 0.622. The summed E-state index contributed by atoms with van der Waals surface area (Å²) in [6.45, 7) is 5.00. The number of nitrogens with one attached hydrogen (secondary N) is 1. The summed E-state index contributed by atoms with van der Waals surface area (Å²) in [6.07, 6.45) is 5.77. The van der Waals surface area contributed by atoms with Crippen molar-refractivity contribution >= 4 is 17.4 Å². The van der Waals surface area contributed by atoms with Crippen LogP contribution in [-0.2, 0) is 4.79 Å². The van der Waals surface area contributed by atoms with Crippen LogP contribution in [-0.4, -0.2) is 64.9 Å². The second-order valence-corrected chi connectivity index (χ2v) is 6.73. The molecule has 8 nitrogen and oxygen atoms in total. The van der Waals surface area contributed by atoms with Gasteiger partial charge in [0.15, 0.2) is 0 Å². The highest BCUT2D eigenvalue weighted by molar-refractivity contribution is 5.79. The molecule has 2 fully saturated rings. The van der Waals surface area contributed by atoms with E-state index in [1.54, 1.807) is 6.07 Å². The van der Waals surface area contributed by atoms with Crippen molar-refractivity contribution in [2.24, 2.45) is 5.92 Å². The van der Waals surface area contributed by atoms with E-state index >= 15 is 0 Å². The Morgan fingerprint density at radius 3 is 2.56 bits per heavy atom. The summed E-state index contributed by atoms with van der Waals surface area (Å²) in [7, 11) is 0. The summed E-state index contributed by atoms with van der Waals surface area (Å²) in [5.41, 5.74) is -0.00592. The molecule has 1 aliphatic heterocycles. The molecule has 2 heterocycles. The van der Waals surface area contributed by atoms with E-state index in [-0.39, 0.29) is 11.6 Å². The Balaban J connectivity index is 1.36. The van der Waals surface area contributed by atoms with E-state index < -0.39 is 4.92 Å². The van der Waals surface area contributed by atoms with Crippen LogP contribution < -0.4 is 5.32 Å². The zero-order chi connectivity index (χ0) is 17.6. The van der Waals surface area contributed by atoms with Crippen molar-refractivity contribution in [3.05, 3.63) is 28.4 Å². The third kappa shape index (κ3) is 4.66. The van der Waals surface area contributed by atoms with Gasteiger partial charge in [-0.3, -0.25) is 19.8 Å². The molecular weight excluding hydrogens is 322 g/mol. The van der Waals surface area contributed by atoms with Gasteiger partial charge in [-0.05, 0) is 18.9 Å². The van der Waals surface area contributed by atoms with Crippen LogP contribution in [0, 0.1) is 16.0 Å². The van der Waals surface area contributed by atoms with Gasteiger partial charge in [-0.15, -0.1) is 0 Å². The molecule has 0 radical (unpaired) electrons. The fraction of sp³-hybridized carbons (Fsp3) is 0.647. The molecule has 1 aromatic heterocycles. The Morgan fingerprint density at radius 2 is 1.96 bits per heavy atom. The van der Waals surface area contributed by atoms with Crippen molar-refractivity contribution in [2.45, 2.75) is 25.7 Å². The summed E-state index contributed by atoms with van der Waals surface area (Å²) in [5, 5.41) is 13.8. The Bertz CT molecular complexity index is 593. The smallest absolute Gasteiger partial charge is 0.287 e. The first-order valence-electron chi connectivity index (χ1n) is 8.99. The molecule has 0 spiro atoms. The second-order valence-electron chi connectivity index (χ2n) is 6.73. The minimum absolute atomic E-state index is 0.00592. The van der Waals surface area contributed by atoms with Crippen LogP contribution in [0.5, 0.6) is 0 Å². The highest BCUT2D eigenvalue weighted by Crippen LogP contribution is 2.26. The molecule has 0 bridgehead atoms. The van der Waals surface area contributed by atoms with E-state index in [0.29, 0.717) is 11.7 Å². The summed E-state index contributed by atoms with van der Waals surface area (Å²) in [6, 6.07) is 3.07. The van der Waals surface area contributed by atoms with Crippen molar-refractivity contribution in [3.63, 3.8) is 0 Å². The van der Waals surface area contributed by atoms with E-state index in [1.165, 1.54) is 25.1 Å². The van der Waals surface area contributed by atoms with Crippen molar-refractivity contribution in [2.75, 3.05) is 44.6 Å². The molecule has 1 aromatic rings. The zero-order valence-electron chi connectivity index (χ0n) is 14.4. The third-order valence-corrected chi connectivity index (χ3v) is 5.08. The predicted octanol–water partition coefficient (Wildman–Crippen LogP) is 1.74. The standard InChI is InChI=1S/C17H25N5O3/c23-17(14-3-1-2-4-14)21-11-9-20(10-12-21)8-7-18-16-6-5-15(13-19-16)22(24)25/h5-6,13-14H,1-4,7-12H2,(H,18,19). The Morgan fingerprint density at radius 1 is 1.24 bits per heavy atom. The van der Waals surface area contributed by atoms with Crippen molar-refractivity contribution in [1.29, 1.82) is 0 Å². The maximum Gasteiger partial charge on any atom is 0.287 e. The van der Waals surface area contributed by atoms with Crippen LogP contribution in [0.3, 0.4) is 0 Å². The fourth-order valence-electron chi connectivity index (χ4n) is 3.56. The van der Waals surface area contributed by atoms with E-state index in [2.05, 4.69) is 15.2 Å². The number of rotatable bonds is 6. The number of nitro groups is 1. The number of carbonyl (C=O) groups excluding carboxylic acids is 1. The lowest BCUT2D eigenvalue weighted by molar-refractivity contribution is -0.385. The zero-order valence-corrected chi connectivity index (χ0v) is 14.4. The number of hydrogen-bond donors (Lipinski definition) is 1. The molecular formula is C17H25N5O3. The van der Waals surface area contributed by atoms with E-state index in [0.717, 1.165) is 52.1 Å². The first-order valence-corrected chi connectivity index (χ1v) is 8.99. The van der Waals surface area contributed by atoms with Gasteiger partial charge in [0, 0.05) is 51.3 Å². The summed E-state index contributed by atoms with van der Waals surface area (Å²) >= 11 is 0. The lowest BCUT2D eigenvalue weighted by atomic mass is 10.1. The molecule has 8 heteroatoms. The number of hydrogen-bond acceptors (Lipinski definition) is 6. The Kier molecular flexibility index (Phi) is 5.80. The van der Waals surface area contributed by atoms with Gasteiger partial charge in [-0.25, -0.2) is 4.98 Å². The van der Waals surface area contributed by atoms with E-state index in [4.69, 9.17) is 0 Å². The maximum absolute atomic E-state index is 12.4. The van der Waals surface area contributed by atoms with Gasteiger partial charge < -0.3 is 10.2 Å². The minimum Gasteiger partial charge on any atom is -0.369 e. The summed E-state index contributed by atoms with van der Waals surface area (Å²) in [4.78, 5) is 31.0. The molecule has 2 aliphatic rings. The number of amides is 1. The number of carbonyl (C=O) groups is 1. The molecule has 1 saturated heterocycles. The van der Waals surface area contributed by atoms with Gasteiger partial charge in [0.1, 0.15) is 12.0 Å². The van der Waals surface area contributed by atoms with Gasteiger partial charge in [0.05, 0.1) is 4.92 Å². The van der Waals surface area contributed by atoms with Gasteiger partial charge in [-0.1, -0.05) is 12.8 Å². The number of nitrogens with zero attached hydrogens (tertiary/aromatic N) is 4. The second kappa shape index (κ2) is 8.24. The lowest BCUT2D eigenvalue weighted by Gasteiger charge is -2.36. The fourth-order valence-corrected chi connectivity index (χ4v) is 3.56. The number of piperazine rings is 1. The molecule has 1 amide bonds. The molecule has 3 rings (SSSR count). The molecule has 136 valence electrons. The van der Waals surface area contributed by atoms with Crippen molar-refractivity contribution < 1.29 is 9.72 Å². The largest absolute Gasteiger partial charge is 0.369 e. The third-order valence-electron chi connectivity index (χ3n) is 5.08. The minimum atomic E-state index is -0.455. The molecule has 1 saturated carbocycles. The van der Waals surface area contributed by atoms with Gasteiger partial charge in [0.2, 0.25) is 5.91 Å². The van der Waals surface area contributed by atoms with Crippen LogP contribution in [0.25, 0.3) is 0 Å². The number of aromatic nitrogens is 1. The number of anilines is 1. The average Bonchev–Trinajstić information content (AvgIpc) is 3.17. The molecule has 1 aliphatic carbocycles. The highest BCUT2D eigenvalue weighted by Gasteiger charge is 2.29. The Labute approximate surface area is 147 Å². The molecule has 0 aromatic carbocycles. The maximum atomic E-state index is 12.4. The molecule has 0 atom stereocenters. The molecule has 0 unspecified atom stereocenters. The van der Waals surface area contributed by atoms with Crippen LogP contribution in [0.2, 0.25) is 0 Å². The van der Waals surface area contributed by atoms with Crippen LogP contribution in [0.4, 0.5) is 11.5 Å². The van der Waals surface area contributed by atoms with Crippen LogP contribution >= 0.6 is 0 Å². The highest BCUT2D eigenvalue weighted by atomic mass is 16.6. The summed E-state index contributed by atoms with van der Waals surface area (Å²) in [5.74, 6) is 1.26. The molecule has 1 N–H and O–H groups in total. The van der Waals surface area contributed by atoms with Crippen LogP contribution in [0.15, 0.2) is 18.3 Å². The van der Waals surface area contributed by atoms with Gasteiger partial charge in [0.25, 0.3) is 5.69 Å². The number of pyridine rings is 1. The average molecular weight is 347 g/mol. The van der Waals surface area contributed by atoms with Crippen LogP contribution in [0.1, 0.15) is 25.7 Å². The molecule has 25 heavy (non-hydrogen) atoms. The first-order chi connectivity index (χ1) is 12.1. The van der Waals surface area contributed by atoms with Gasteiger partial charge in [-0.2, -0.15) is 0 Å². The predicted molar refractivity (Wildman–Crippen MR) is 94.4 cm³/mol. The SMILES string of the molecule is O=C(C1CCCC1)N1CCN(CCNc2ccc([N+](=O)[O-])cn2)CC1. The first kappa shape index (κ1) is 17.6. The lowest BCUT2D eigenvalue weighted by Crippen LogP contribution is -2.50. The summed E-state index contributed by atoms with van der Waals surface area (Å²) < 4.78 is 0. The van der Waals surface area contributed by atoms with E-state index in [9.17, 15) is 14.9 Å². The Hall–Kier alpha value is -2.22. The van der Waals surface area contributed by atoms with Crippen molar-refractivity contribution in [3.8, 4) is 0 Å². The topological polar surface area (TPSA) is 91.6 Å². The normalized spacial score (nSPS) is 19.1. The van der Waals surface area contributed by atoms with Gasteiger partial charge >= 0.3 is 0 Å². The van der Waals surface area contributed by atoms with Crippen molar-refractivity contribution in [1.82, 2.24) is 14.8 Å².